The van der Waals surface area contributed by atoms with Gasteiger partial charge in [-0.25, -0.2) is 4.79 Å². The minimum atomic E-state index is -0.803. The summed E-state index contributed by atoms with van der Waals surface area (Å²) in [7, 11) is 0. The van der Waals surface area contributed by atoms with Crippen molar-refractivity contribution in [2.45, 2.75) is 19.4 Å². The monoisotopic (exact) mass is 371 g/mol. The van der Waals surface area contributed by atoms with Crippen LogP contribution in [0.2, 0.25) is 0 Å². The summed E-state index contributed by atoms with van der Waals surface area (Å²) in [4.78, 5) is 35.7. The molecule has 4 amide bonds. The first-order valence-electron chi connectivity index (χ1n) is 8.80. The number of carbonyl (C=O) groups excluding carboxylic acids is 3. The molecule has 0 saturated carbocycles. The van der Waals surface area contributed by atoms with E-state index in [1.54, 1.807) is 6.92 Å². The van der Waals surface area contributed by atoms with Crippen LogP contribution in [0.4, 0.5) is 4.79 Å². The number of hydrogen-bond donors (Lipinski definition) is 5. The third kappa shape index (κ3) is 5.96. The first-order chi connectivity index (χ1) is 13.0. The van der Waals surface area contributed by atoms with Crippen LogP contribution in [0.25, 0.3) is 10.8 Å². The molecule has 0 heterocycles. The first-order valence-corrected chi connectivity index (χ1v) is 8.80. The van der Waals surface area contributed by atoms with Gasteiger partial charge in [-0.15, -0.1) is 0 Å². The summed E-state index contributed by atoms with van der Waals surface area (Å²) in [6.07, 6.45) is 0.306. The SMILES string of the molecule is CCNC(=O)NCNC(=O)[C@@H](Cc1cccc2ccccc12)NC(=O)CN. The molecule has 144 valence electrons. The predicted molar refractivity (Wildman–Crippen MR) is 104 cm³/mol. The van der Waals surface area contributed by atoms with Gasteiger partial charge in [-0.3, -0.25) is 9.59 Å². The van der Waals surface area contributed by atoms with Crippen molar-refractivity contribution in [3.05, 3.63) is 48.0 Å². The maximum atomic E-state index is 12.5. The van der Waals surface area contributed by atoms with Gasteiger partial charge in [0.15, 0.2) is 0 Å². The molecule has 0 radical (unpaired) electrons. The molecule has 8 heteroatoms. The molecule has 0 aliphatic heterocycles. The average Bonchev–Trinajstić information content (AvgIpc) is 2.67. The fraction of sp³-hybridized carbons (Fsp3) is 0.316. The van der Waals surface area contributed by atoms with Crippen molar-refractivity contribution in [3.63, 3.8) is 0 Å². The fourth-order valence-electron chi connectivity index (χ4n) is 2.71. The lowest BCUT2D eigenvalue weighted by Crippen LogP contribution is -2.52. The number of nitrogens with two attached hydrogens (primary N) is 1. The molecule has 0 spiro atoms. The highest BCUT2D eigenvalue weighted by molar-refractivity contribution is 5.90. The van der Waals surface area contributed by atoms with Crippen molar-refractivity contribution in [2.24, 2.45) is 5.73 Å². The van der Waals surface area contributed by atoms with Crippen molar-refractivity contribution >= 4 is 28.6 Å². The second kappa shape index (κ2) is 10.1. The second-order valence-electron chi connectivity index (χ2n) is 5.92. The Morgan fingerprint density at radius 1 is 1.00 bits per heavy atom. The second-order valence-corrected chi connectivity index (χ2v) is 5.92. The highest BCUT2D eigenvalue weighted by Gasteiger charge is 2.21. The van der Waals surface area contributed by atoms with Crippen LogP contribution in [-0.4, -0.2) is 43.6 Å². The molecule has 2 aromatic rings. The van der Waals surface area contributed by atoms with Crippen LogP contribution in [0, 0.1) is 0 Å². The molecule has 0 unspecified atom stereocenters. The van der Waals surface area contributed by atoms with E-state index in [4.69, 9.17) is 5.73 Å². The zero-order valence-corrected chi connectivity index (χ0v) is 15.2. The van der Waals surface area contributed by atoms with E-state index in [1.165, 1.54) is 0 Å². The molecule has 2 aromatic carbocycles. The van der Waals surface area contributed by atoms with E-state index in [9.17, 15) is 14.4 Å². The number of carbonyl (C=O) groups is 3. The highest BCUT2D eigenvalue weighted by Crippen LogP contribution is 2.19. The molecule has 0 bridgehead atoms. The van der Waals surface area contributed by atoms with Gasteiger partial charge in [0, 0.05) is 13.0 Å². The normalized spacial score (nSPS) is 11.5. The molecular weight excluding hydrogens is 346 g/mol. The zero-order chi connectivity index (χ0) is 19.6. The molecule has 27 heavy (non-hydrogen) atoms. The number of benzene rings is 2. The van der Waals surface area contributed by atoms with E-state index in [-0.39, 0.29) is 19.2 Å². The maximum Gasteiger partial charge on any atom is 0.316 e. The molecule has 2 rings (SSSR count). The van der Waals surface area contributed by atoms with Crippen LogP contribution in [0.1, 0.15) is 12.5 Å². The fourth-order valence-corrected chi connectivity index (χ4v) is 2.71. The Kier molecular flexibility index (Phi) is 7.57. The van der Waals surface area contributed by atoms with Gasteiger partial charge >= 0.3 is 6.03 Å². The first kappa shape index (κ1) is 20.2. The van der Waals surface area contributed by atoms with E-state index in [0.29, 0.717) is 13.0 Å². The van der Waals surface area contributed by atoms with Gasteiger partial charge in [0.2, 0.25) is 11.8 Å². The summed E-state index contributed by atoms with van der Waals surface area (Å²) in [6.45, 7) is 2.02. The molecule has 0 saturated heterocycles. The van der Waals surface area contributed by atoms with E-state index < -0.39 is 17.9 Å². The lowest BCUT2D eigenvalue weighted by Gasteiger charge is -2.19. The van der Waals surface area contributed by atoms with Crippen molar-refractivity contribution in [3.8, 4) is 0 Å². The average molecular weight is 371 g/mol. The van der Waals surface area contributed by atoms with Crippen LogP contribution in [0.15, 0.2) is 42.5 Å². The van der Waals surface area contributed by atoms with E-state index in [1.807, 2.05) is 42.5 Å². The number of rotatable bonds is 8. The Morgan fingerprint density at radius 2 is 1.74 bits per heavy atom. The number of nitrogens with one attached hydrogen (secondary N) is 4. The van der Waals surface area contributed by atoms with Crippen LogP contribution >= 0.6 is 0 Å². The summed E-state index contributed by atoms with van der Waals surface area (Å²) >= 11 is 0. The summed E-state index contributed by atoms with van der Waals surface area (Å²) in [5.41, 5.74) is 6.30. The quantitative estimate of drug-likeness (QED) is 0.426. The Bertz CT molecular complexity index is 804. The van der Waals surface area contributed by atoms with Gasteiger partial charge in [-0.05, 0) is 23.3 Å². The highest BCUT2D eigenvalue weighted by atomic mass is 16.2. The smallest absolute Gasteiger partial charge is 0.316 e. The third-order valence-corrected chi connectivity index (χ3v) is 3.99. The van der Waals surface area contributed by atoms with Crippen LogP contribution in [0.5, 0.6) is 0 Å². The van der Waals surface area contributed by atoms with Crippen molar-refractivity contribution < 1.29 is 14.4 Å². The van der Waals surface area contributed by atoms with Gasteiger partial charge in [0.1, 0.15) is 6.04 Å². The number of amides is 4. The molecule has 0 aromatic heterocycles. The summed E-state index contributed by atoms with van der Waals surface area (Å²) in [6, 6.07) is 12.5. The van der Waals surface area contributed by atoms with Gasteiger partial charge in [-0.2, -0.15) is 0 Å². The molecule has 6 N–H and O–H groups in total. The molecule has 0 aliphatic rings. The van der Waals surface area contributed by atoms with Gasteiger partial charge in [-0.1, -0.05) is 42.5 Å². The number of urea groups is 1. The zero-order valence-electron chi connectivity index (χ0n) is 15.2. The maximum absolute atomic E-state index is 12.5. The summed E-state index contributed by atoms with van der Waals surface area (Å²) in [5.74, 6) is -0.825. The minimum absolute atomic E-state index is 0.0464. The Morgan fingerprint density at radius 3 is 2.48 bits per heavy atom. The molecule has 0 aliphatic carbocycles. The lowest BCUT2D eigenvalue weighted by molar-refractivity contribution is -0.128. The summed E-state index contributed by atoms with van der Waals surface area (Å²) in [5, 5.41) is 12.4. The lowest BCUT2D eigenvalue weighted by atomic mass is 9.98. The molecule has 0 fully saturated rings. The number of hydrogen-bond acceptors (Lipinski definition) is 4. The standard InChI is InChI=1S/C19H25N5O3/c1-2-21-19(27)23-12-22-18(26)16(24-17(25)11-20)10-14-8-5-7-13-6-3-4-9-15(13)14/h3-9,16H,2,10-12,20H2,1H3,(H,22,26)(H,24,25)(H2,21,23,27)/t16-/m1/s1. The van der Waals surface area contributed by atoms with Crippen LogP contribution in [0.3, 0.4) is 0 Å². The molecular formula is C19H25N5O3. The van der Waals surface area contributed by atoms with E-state index in [0.717, 1.165) is 16.3 Å². The van der Waals surface area contributed by atoms with Gasteiger partial charge < -0.3 is 27.0 Å². The van der Waals surface area contributed by atoms with Crippen molar-refractivity contribution in [2.75, 3.05) is 19.8 Å². The van der Waals surface area contributed by atoms with E-state index in [2.05, 4.69) is 21.3 Å². The Hall–Kier alpha value is -3.13. The van der Waals surface area contributed by atoms with Crippen molar-refractivity contribution in [1.29, 1.82) is 0 Å². The molecule has 1 atom stereocenters. The molecule has 8 nitrogen and oxygen atoms in total. The Balaban J connectivity index is 2.10. The topological polar surface area (TPSA) is 125 Å². The number of fused-ring (bicyclic) bond motifs is 1. The predicted octanol–water partition coefficient (Wildman–Crippen LogP) is 0.219. The van der Waals surface area contributed by atoms with Crippen molar-refractivity contribution in [1.82, 2.24) is 21.3 Å². The Labute approximate surface area is 157 Å². The third-order valence-electron chi connectivity index (χ3n) is 3.99. The minimum Gasteiger partial charge on any atom is -0.343 e. The van der Waals surface area contributed by atoms with E-state index >= 15 is 0 Å². The van der Waals surface area contributed by atoms with Gasteiger partial charge in [0.05, 0.1) is 13.2 Å². The van der Waals surface area contributed by atoms with Gasteiger partial charge in [0.25, 0.3) is 0 Å². The largest absolute Gasteiger partial charge is 0.343 e. The van der Waals surface area contributed by atoms with Crippen LogP contribution < -0.4 is 27.0 Å². The summed E-state index contributed by atoms with van der Waals surface area (Å²) < 4.78 is 0. The van der Waals surface area contributed by atoms with Crippen LogP contribution in [-0.2, 0) is 16.0 Å².